The molecule has 1 saturated carbocycles. The molecule has 0 amide bonds. The molecular formula is C17H24O. The van der Waals surface area contributed by atoms with E-state index in [-0.39, 0.29) is 5.92 Å². The van der Waals surface area contributed by atoms with E-state index < -0.39 is 0 Å². The van der Waals surface area contributed by atoms with Gasteiger partial charge in [-0.15, -0.1) is 0 Å². The molecule has 98 valence electrons. The molecule has 1 nitrogen and oxygen atoms in total. The summed E-state index contributed by atoms with van der Waals surface area (Å²) < 4.78 is 0. The van der Waals surface area contributed by atoms with Crippen LogP contribution in [0.3, 0.4) is 0 Å². The number of benzene rings is 1. The minimum Gasteiger partial charge on any atom is -0.294 e. The van der Waals surface area contributed by atoms with E-state index in [9.17, 15) is 4.79 Å². The van der Waals surface area contributed by atoms with Crippen molar-refractivity contribution in [2.45, 2.75) is 52.9 Å². The fraction of sp³-hybridized carbons (Fsp3) is 0.588. The maximum atomic E-state index is 12.5. The summed E-state index contributed by atoms with van der Waals surface area (Å²) in [6.07, 6.45) is 5.94. The minimum absolute atomic E-state index is 0.269. The van der Waals surface area contributed by atoms with Gasteiger partial charge in [-0.2, -0.15) is 0 Å². The Hall–Kier alpha value is -1.11. The summed E-state index contributed by atoms with van der Waals surface area (Å²) in [5.74, 6) is 1.40. The van der Waals surface area contributed by atoms with Crippen LogP contribution in [-0.2, 0) is 0 Å². The topological polar surface area (TPSA) is 17.1 Å². The van der Waals surface area contributed by atoms with Gasteiger partial charge in [0.15, 0.2) is 5.78 Å². The number of carbonyl (C=O) groups excluding carboxylic acids is 1. The Morgan fingerprint density at radius 3 is 2.67 bits per heavy atom. The van der Waals surface area contributed by atoms with E-state index >= 15 is 0 Å². The smallest absolute Gasteiger partial charge is 0.165 e. The summed E-state index contributed by atoms with van der Waals surface area (Å²) in [5, 5.41) is 0. The first kappa shape index (κ1) is 13.3. The summed E-state index contributed by atoms with van der Waals surface area (Å²) in [7, 11) is 0. The van der Waals surface area contributed by atoms with Crippen LogP contribution in [0.5, 0.6) is 0 Å². The van der Waals surface area contributed by atoms with Gasteiger partial charge in [0, 0.05) is 11.5 Å². The zero-order chi connectivity index (χ0) is 13.1. The van der Waals surface area contributed by atoms with Crippen molar-refractivity contribution in [1.29, 1.82) is 0 Å². The highest BCUT2D eigenvalue weighted by Crippen LogP contribution is 2.33. The number of rotatable bonds is 3. The molecule has 0 N–H and O–H groups in total. The van der Waals surface area contributed by atoms with Gasteiger partial charge >= 0.3 is 0 Å². The molecule has 18 heavy (non-hydrogen) atoms. The summed E-state index contributed by atoms with van der Waals surface area (Å²) in [6.45, 7) is 6.42. The van der Waals surface area contributed by atoms with Crippen molar-refractivity contribution in [3.63, 3.8) is 0 Å². The van der Waals surface area contributed by atoms with Crippen molar-refractivity contribution in [2.75, 3.05) is 0 Å². The summed E-state index contributed by atoms with van der Waals surface area (Å²) in [5.41, 5.74) is 3.41. The van der Waals surface area contributed by atoms with E-state index in [2.05, 4.69) is 32.9 Å². The molecule has 1 aliphatic carbocycles. The van der Waals surface area contributed by atoms with Gasteiger partial charge in [-0.3, -0.25) is 4.79 Å². The molecule has 0 spiro atoms. The van der Waals surface area contributed by atoms with Crippen LogP contribution in [0.1, 0.15) is 60.5 Å². The quantitative estimate of drug-likeness (QED) is 0.704. The standard InChI is InChI=1S/C17H24O/c1-4-14-6-5-7-15(11-14)17(18)16-9-8-12(2)13(3)10-16/h8-10,14-15H,4-7,11H2,1-3H3. The van der Waals surface area contributed by atoms with Crippen molar-refractivity contribution in [3.8, 4) is 0 Å². The largest absolute Gasteiger partial charge is 0.294 e. The first-order chi connectivity index (χ1) is 8.61. The lowest BCUT2D eigenvalue weighted by atomic mass is 9.77. The zero-order valence-electron chi connectivity index (χ0n) is 11.8. The van der Waals surface area contributed by atoms with E-state index in [0.717, 1.165) is 24.3 Å². The number of ketones is 1. The van der Waals surface area contributed by atoms with Gasteiger partial charge in [-0.25, -0.2) is 0 Å². The Morgan fingerprint density at radius 2 is 2.00 bits per heavy atom. The Morgan fingerprint density at radius 1 is 1.22 bits per heavy atom. The van der Waals surface area contributed by atoms with Gasteiger partial charge in [0.2, 0.25) is 0 Å². The average molecular weight is 244 g/mol. The SMILES string of the molecule is CCC1CCCC(C(=O)c2ccc(C)c(C)c2)C1. The third kappa shape index (κ3) is 2.82. The number of aryl methyl sites for hydroxylation is 2. The molecular weight excluding hydrogens is 220 g/mol. The molecule has 1 fully saturated rings. The molecule has 0 aromatic heterocycles. The van der Waals surface area contributed by atoms with E-state index in [1.807, 2.05) is 6.07 Å². The van der Waals surface area contributed by atoms with Crippen LogP contribution in [0.25, 0.3) is 0 Å². The van der Waals surface area contributed by atoms with Crippen LogP contribution < -0.4 is 0 Å². The highest BCUT2D eigenvalue weighted by molar-refractivity contribution is 5.98. The van der Waals surface area contributed by atoms with Crippen LogP contribution in [0.2, 0.25) is 0 Å². The Labute approximate surface area is 111 Å². The Balaban J connectivity index is 2.12. The number of Topliss-reactive ketones (excluding diaryl/α,β-unsaturated/α-hetero) is 1. The molecule has 0 heterocycles. The van der Waals surface area contributed by atoms with Crippen molar-refractivity contribution >= 4 is 5.78 Å². The second-order valence-electron chi connectivity index (χ2n) is 5.80. The number of carbonyl (C=O) groups is 1. The van der Waals surface area contributed by atoms with Gasteiger partial charge in [-0.05, 0) is 49.8 Å². The third-order valence-electron chi connectivity index (χ3n) is 4.52. The monoisotopic (exact) mass is 244 g/mol. The zero-order valence-corrected chi connectivity index (χ0v) is 11.8. The lowest BCUT2D eigenvalue weighted by molar-refractivity contribution is 0.0862. The fourth-order valence-electron chi connectivity index (χ4n) is 3.03. The van der Waals surface area contributed by atoms with Crippen LogP contribution in [-0.4, -0.2) is 5.78 Å². The highest BCUT2D eigenvalue weighted by Gasteiger charge is 2.27. The van der Waals surface area contributed by atoms with Crippen molar-refractivity contribution < 1.29 is 4.79 Å². The Kier molecular flexibility index (Phi) is 4.21. The van der Waals surface area contributed by atoms with Crippen molar-refractivity contribution in [2.24, 2.45) is 11.8 Å². The average Bonchev–Trinajstić information content (AvgIpc) is 2.41. The van der Waals surface area contributed by atoms with Crippen molar-refractivity contribution in [1.82, 2.24) is 0 Å². The lowest BCUT2D eigenvalue weighted by Crippen LogP contribution is -2.23. The molecule has 2 rings (SSSR count). The second-order valence-corrected chi connectivity index (χ2v) is 5.80. The summed E-state index contributed by atoms with van der Waals surface area (Å²) in [4.78, 5) is 12.5. The predicted octanol–water partition coefficient (Wildman–Crippen LogP) is 4.70. The maximum Gasteiger partial charge on any atom is 0.165 e. The molecule has 1 aliphatic rings. The molecule has 1 heteroatoms. The molecule has 0 radical (unpaired) electrons. The summed E-state index contributed by atoms with van der Waals surface area (Å²) >= 11 is 0. The molecule has 1 aromatic carbocycles. The minimum atomic E-state index is 0.269. The fourth-order valence-corrected chi connectivity index (χ4v) is 3.03. The van der Waals surface area contributed by atoms with Gasteiger partial charge in [0.05, 0.1) is 0 Å². The molecule has 0 bridgehead atoms. The van der Waals surface area contributed by atoms with Gasteiger partial charge in [0.25, 0.3) is 0 Å². The van der Waals surface area contributed by atoms with Crippen LogP contribution in [0.15, 0.2) is 18.2 Å². The van der Waals surface area contributed by atoms with Crippen molar-refractivity contribution in [3.05, 3.63) is 34.9 Å². The molecule has 1 aromatic rings. The molecule has 0 saturated heterocycles. The van der Waals surface area contributed by atoms with Gasteiger partial charge < -0.3 is 0 Å². The number of hydrogen-bond donors (Lipinski definition) is 0. The summed E-state index contributed by atoms with van der Waals surface area (Å²) in [6, 6.07) is 6.14. The Bertz CT molecular complexity index is 433. The normalized spacial score (nSPS) is 23.9. The van der Waals surface area contributed by atoms with E-state index in [1.165, 1.54) is 30.4 Å². The van der Waals surface area contributed by atoms with E-state index in [0.29, 0.717) is 5.78 Å². The van der Waals surface area contributed by atoms with E-state index in [1.54, 1.807) is 0 Å². The first-order valence-electron chi connectivity index (χ1n) is 7.23. The second kappa shape index (κ2) is 5.69. The first-order valence-corrected chi connectivity index (χ1v) is 7.23. The van der Waals surface area contributed by atoms with Crippen LogP contribution >= 0.6 is 0 Å². The van der Waals surface area contributed by atoms with Crippen LogP contribution in [0, 0.1) is 25.7 Å². The van der Waals surface area contributed by atoms with Gasteiger partial charge in [0.1, 0.15) is 0 Å². The molecule has 2 atom stereocenters. The molecule has 0 aliphatic heterocycles. The highest BCUT2D eigenvalue weighted by atomic mass is 16.1. The maximum absolute atomic E-state index is 12.5. The van der Waals surface area contributed by atoms with Gasteiger partial charge in [-0.1, -0.05) is 38.3 Å². The number of hydrogen-bond acceptors (Lipinski definition) is 1. The third-order valence-corrected chi connectivity index (χ3v) is 4.52. The predicted molar refractivity (Wildman–Crippen MR) is 76.0 cm³/mol. The van der Waals surface area contributed by atoms with Crippen LogP contribution in [0.4, 0.5) is 0 Å². The molecule has 2 unspecified atom stereocenters. The van der Waals surface area contributed by atoms with E-state index in [4.69, 9.17) is 0 Å². The lowest BCUT2D eigenvalue weighted by Gasteiger charge is -2.27.